The minimum absolute atomic E-state index is 0.192. The van der Waals surface area contributed by atoms with E-state index < -0.39 is 0 Å². The number of urea groups is 1. The molecule has 4 nitrogen and oxygen atoms in total. The second-order valence-electron chi connectivity index (χ2n) is 3.17. The van der Waals surface area contributed by atoms with Crippen molar-refractivity contribution < 1.29 is 9.63 Å². The van der Waals surface area contributed by atoms with Gasteiger partial charge in [-0.3, -0.25) is 0 Å². The Morgan fingerprint density at radius 3 is 3.13 bits per heavy atom. The molecule has 1 aliphatic heterocycles. The summed E-state index contributed by atoms with van der Waals surface area (Å²) in [5.74, 6) is 0. The molecule has 5 heteroatoms. The molecule has 80 valence electrons. The second-order valence-corrected chi connectivity index (χ2v) is 4.09. The zero-order chi connectivity index (χ0) is 10.8. The van der Waals surface area contributed by atoms with E-state index in [0.29, 0.717) is 6.54 Å². The lowest BCUT2D eigenvalue weighted by molar-refractivity contribution is 0.177. The molecule has 1 N–H and O–H groups in total. The molecule has 2 rings (SSSR count). The molecular formula is C10H11BrN2O2. The summed E-state index contributed by atoms with van der Waals surface area (Å²) in [5.41, 5.74) is 0.968. The van der Waals surface area contributed by atoms with Crippen LogP contribution in [0.1, 0.15) is 18.7 Å². The van der Waals surface area contributed by atoms with E-state index >= 15 is 0 Å². The number of hydroxylamine groups is 2. The van der Waals surface area contributed by atoms with E-state index in [1.54, 1.807) is 0 Å². The molecule has 0 aliphatic carbocycles. The molecule has 1 atom stereocenters. The molecular weight excluding hydrogens is 260 g/mol. The number of hydrogen-bond acceptors (Lipinski definition) is 2. The van der Waals surface area contributed by atoms with E-state index in [1.807, 2.05) is 31.2 Å². The van der Waals surface area contributed by atoms with Crippen molar-refractivity contribution in [3.8, 4) is 0 Å². The van der Waals surface area contributed by atoms with E-state index in [4.69, 9.17) is 4.84 Å². The number of amides is 2. The SMILES string of the molecule is CCNC(=O)N1OC1c1cccc(Br)c1. The van der Waals surface area contributed by atoms with E-state index in [1.165, 1.54) is 5.06 Å². The molecule has 1 heterocycles. The highest BCUT2D eigenvalue weighted by Crippen LogP contribution is 2.37. The van der Waals surface area contributed by atoms with Gasteiger partial charge in [-0.1, -0.05) is 28.1 Å². The molecule has 1 fully saturated rings. The first kappa shape index (κ1) is 10.4. The Morgan fingerprint density at radius 1 is 1.67 bits per heavy atom. The van der Waals surface area contributed by atoms with Crippen LogP contribution in [0.25, 0.3) is 0 Å². The molecule has 0 spiro atoms. The number of carbonyl (C=O) groups excluding carboxylic acids is 1. The van der Waals surface area contributed by atoms with Crippen molar-refractivity contribution in [2.45, 2.75) is 13.2 Å². The van der Waals surface area contributed by atoms with Gasteiger partial charge in [0.25, 0.3) is 0 Å². The largest absolute Gasteiger partial charge is 0.344 e. The summed E-state index contributed by atoms with van der Waals surface area (Å²) in [5, 5.41) is 4.00. The third kappa shape index (κ3) is 2.30. The number of rotatable bonds is 2. The first-order chi connectivity index (χ1) is 7.22. The number of halogens is 1. The molecule has 15 heavy (non-hydrogen) atoms. The third-order valence-corrected chi connectivity index (χ3v) is 2.54. The Kier molecular flexibility index (Phi) is 2.93. The maximum absolute atomic E-state index is 11.4. The van der Waals surface area contributed by atoms with Gasteiger partial charge >= 0.3 is 6.03 Å². The van der Waals surface area contributed by atoms with Crippen molar-refractivity contribution in [2.24, 2.45) is 0 Å². The van der Waals surface area contributed by atoms with Crippen LogP contribution in [-0.2, 0) is 4.84 Å². The average molecular weight is 271 g/mol. The van der Waals surface area contributed by atoms with Gasteiger partial charge in [-0.05, 0) is 19.1 Å². The fraction of sp³-hybridized carbons (Fsp3) is 0.300. The van der Waals surface area contributed by atoms with Gasteiger partial charge in [-0.25, -0.2) is 9.63 Å². The molecule has 0 bridgehead atoms. The molecule has 0 radical (unpaired) electrons. The standard InChI is InChI=1S/C10H11BrN2O2/c1-2-12-10(14)13-9(15-13)7-4-3-5-8(11)6-7/h3-6,9H,2H2,1H3,(H,12,14). The minimum Gasteiger partial charge on any atom is -0.336 e. The first-order valence-corrected chi connectivity index (χ1v) is 5.51. The van der Waals surface area contributed by atoms with E-state index in [2.05, 4.69) is 21.2 Å². The van der Waals surface area contributed by atoms with Crippen LogP contribution >= 0.6 is 15.9 Å². The number of hydrogen-bond donors (Lipinski definition) is 1. The highest BCUT2D eigenvalue weighted by molar-refractivity contribution is 9.10. The van der Waals surface area contributed by atoms with Gasteiger partial charge in [-0.15, -0.1) is 0 Å². The van der Waals surface area contributed by atoms with Gasteiger partial charge in [-0.2, -0.15) is 5.06 Å². The average Bonchev–Trinajstić information content (AvgIpc) is 2.97. The van der Waals surface area contributed by atoms with Crippen molar-refractivity contribution in [1.82, 2.24) is 10.4 Å². The van der Waals surface area contributed by atoms with Crippen LogP contribution in [0.3, 0.4) is 0 Å². The van der Waals surface area contributed by atoms with Gasteiger partial charge in [0.05, 0.1) is 0 Å². The first-order valence-electron chi connectivity index (χ1n) is 4.71. The molecule has 0 saturated carbocycles. The summed E-state index contributed by atoms with van der Waals surface area (Å²) in [6, 6.07) is 7.51. The van der Waals surface area contributed by atoms with Crippen molar-refractivity contribution in [2.75, 3.05) is 6.54 Å². The molecule has 0 aromatic heterocycles. The lowest BCUT2D eigenvalue weighted by atomic mass is 10.2. The normalized spacial score (nSPS) is 18.8. The minimum atomic E-state index is -0.242. The van der Waals surface area contributed by atoms with E-state index in [-0.39, 0.29) is 12.3 Å². The highest BCUT2D eigenvalue weighted by atomic mass is 79.9. The van der Waals surface area contributed by atoms with Crippen LogP contribution in [0.15, 0.2) is 28.7 Å². The Bertz CT molecular complexity index is 383. The third-order valence-electron chi connectivity index (χ3n) is 2.04. The Hall–Kier alpha value is -1.07. The van der Waals surface area contributed by atoms with Gasteiger partial charge in [0.2, 0.25) is 6.23 Å². The van der Waals surface area contributed by atoms with Gasteiger partial charge in [0.15, 0.2) is 0 Å². The maximum Gasteiger partial charge on any atom is 0.344 e. The summed E-state index contributed by atoms with van der Waals surface area (Å²) in [6.45, 7) is 2.47. The van der Waals surface area contributed by atoms with Crippen molar-refractivity contribution in [1.29, 1.82) is 0 Å². The van der Waals surface area contributed by atoms with Crippen LogP contribution < -0.4 is 5.32 Å². The molecule has 1 aromatic rings. The summed E-state index contributed by atoms with van der Waals surface area (Å²) in [4.78, 5) is 16.5. The Balaban J connectivity index is 2.01. The van der Waals surface area contributed by atoms with Crippen molar-refractivity contribution in [3.63, 3.8) is 0 Å². The van der Waals surface area contributed by atoms with Crippen LogP contribution in [0, 0.1) is 0 Å². The number of nitrogens with zero attached hydrogens (tertiary/aromatic N) is 1. The van der Waals surface area contributed by atoms with Crippen LogP contribution in [0.2, 0.25) is 0 Å². The van der Waals surface area contributed by atoms with Crippen molar-refractivity contribution >= 4 is 22.0 Å². The molecule has 1 saturated heterocycles. The van der Waals surface area contributed by atoms with Crippen LogP contribution in [0.5, 0.6) is 0 Å². The zero-order valence-corrected chi connectivity index (χ0v) is 9.82. The predicted molar refractivity (Wildman–Crippen MR) is 58.9 cm³/mol. The zero-order valence-electron chi connectivity index (χ0n) is 8.24. The maximum atomic E-state index is 11.4. The smallest absolute Gasteiger partial charge is 0.336 e. The quantitative estimate of drug-likeness (QED) is 0.839. The highest BCUT2D eigenvalue weighted by Gasteiger charge is 2.42. The molecule has 1 aliphatic rings. The van der Waals surface area contributed by atoms with E-state index in [9.17, 15) is 4.79 Å². The summed E-state index contributed by atoms with van der Waals surface area (Å²) in [6.07, 6.45) is -0.242. The van der Waals surface area contributed by atoms with Gasteiger partial charge in [0.1, 0.15) is 0 Å². The van der Waals surface area contributed by atoms with Crippen LogP contribution in [0.4, 0.5) is 4.79 Å². The monoisotopic (exact) mass is 270 g/mol. The second kappa shape index (κ2) is 4.20. The van der Waals surface area contributed by atoms with Crippen LogP contribution in [-0.4, -0.2) is 17.6 Å². The predicted octanol–water partition coefficient (Wildman–Crippen LogP) is 2.42. The van der Waals surface area contributed by atoms with Crippen molar-refractivity contribution in [3.05, 3.63) is 34.3 Å². The van der Waals surface area contributed by atoms with Gasteiger partial charge in [0, 0.05) is 16.6 Å². The Labute approximate surface area is 96.3 Å². The Morgan fingerprint density at radius 2 is 2.47 bits per heavy atom. The summed E-state index contributed by atoms with van der Waals surface area (Å²) < 4.78 is 0.978. The van der Waals surface area contributed by atoms with E-state index in [0.717, 1.165) is 10.0 Å². The fourth-order valence-electron chi connectivity index (χ4n) is 1.32. The van der Waals surface area contributed by atoms with Gasteiger partial charge < -0.3 is 5.32 Å². The topological polar surface area (TPSA) is 44.6 Å². The molecule has 1 aromatic carbocycles. The molecule has 2 amide bonds. The fourth-order valence-corrected chi connectivity index (χ4v) is 1.74. The lowest BCUT2D eigenvalue weighted by Gasteiger charge is -2.00. The summed E-state index contributed by atoms with van der Waals surface area (Å²) in [7, 11) is 0. The number of carbonyl (C=O) groups is 1. The summed E-state index contributed by atoms with van der Waals surface area (Å²) >= 11 is 3.37. The number of benzene rings is 1. The lowest BCUT2D eigenvalue weighted by Crippen LogP contribution is -2.27. The molecule has 1 unspecified atom stereocenters. The number of nitrogens with one attached hydrogen (secondary N) is 1.